The molecule has 1 aliphatic rings. The molecule has 17 heavy (non-hydrogen) atoms. The Morgan fingerprint density at radius 2 is 1.41 bits per heavy atom. The molecule has 0 radical (unpaired) electrons. The molecule has 0 fully saturated rings. The lowest BCUT2D eigenvalue weighted by Gasteiger charge is -2.05. The fraction of sp³-hybridized carbons (Fsp3) is 0.867. The predicted octanol–water partition coefficient (Wildman–Crippen LogP) is 6.57. The Bertz CT molecular complexity index is 189. The highest BCUT2D eigenvalue weighted by Crippen LogP contribution is 2.37. The second-order valence-electron chi connectivity index (χ2n) is 5.03. The molecular formula is C15H28S2. The Labute approximate surface area is 116 Å². The minimum absolute atomic E-state index is 0.814. The lowest BCUT2D eigenvalue weighted by atomic mass is 10.1. The van der Waals surface area contributed by atoms with Crippen LogP contribution in [-0.2, 0) is 0 Å². The van der Waals surface area contributed by atoms with Gasteiger partial charge in [-0.25, -0.2) is 0 Å². The lowest BCUT2D eigenvalue weighted by molar-refractivity contribution is 0.552. The molecule has 0 aromatic rings. The van der Waals surface area contributed by atoms with Gasteiger partial charge in [-0.15, -0.1) is 0 Å². The van der Waals surface area contributed by atoms with E-state index in [1.54, 1.807) is 0 Å². The summed E-state index contributed by atoms with van der Waals surface area (Å²) in [7, 11) is 3.93. The molecule has 0 aromatic carbocycles. The van der Waals surface area contributed by atoms with E-state index in [0.29, 0.717) is 0 Å². The molecule has 1 rings (SSSR count). The van der Waals surface area contributed by atoms with Crippen molar-refractivity contribution in [2.45, 2.75) is 82.8 Å². The zero-order valence-corrected chi connectivity index (χ0v) is 13.0. The van der Waals surface area contributed by atoms with Crippen molar-refractivity contribution in [1.29, 1.82) is 0 Å². The van der Waals surface area contributed by atoms with Crippen molar-refractivity contribution in [2.24, 2.45) is 0 Å². The van der Waals surface area contributed by atoms with Gasteiger partial charge in [0.15, 0.2) is 0 Å². The van der Waals surface area contributed by atoms with Gasteiger partial charge < -0.3 is 0 Å². The van der Waals surface area contributed by atoms with Crippen LogP contribution in [0, 0.1) is 0 Å². The maximum Gasteiger partial charge on any atom is 0.0342 e. The van der Waals surface area contributed by atoms with Crippen molar-refractivity contribution < 1.29 is 0 Å². The number of rotatable bonds is 11. The molecule has 2 heteroatoms. The Kier molecular flexibility index (Phi) is 10.5. The van der Waals surface area contributed by atoms with Gasteiger partial charge in [0.2, 0.25) is 0 Å². The van der Waals surface area contributed by atoms with Crippen molar-refractivity contribution >= 4 is 21.6 Å². The highest BCUT2D eigenvalue weighted by atomic mass is 33.1. The Morgan fingerprint density at radius 3 is 1.94 bits per heavy atom. The van der Waals surface area contributed by atoms with E-state index in [2.05, 4.69) is 18.4 Å². The van der Waals surface area contributed by atoms with Crippen LogP contribution >= 0.6 is 21.6 Å². The number of hydrogen-bond donors (Lipinski definition) is 0. The second kappa shape index (κ2) is 11.5. The van der Waals surface area contributed by atoms with Crippen LogP contribution in [0.4, 0.5) is 0 Å². The summed E-state index contributed by atoms with van der Waals surface area (Å²) < 4.78 is 0. The van der Waals surface area contributed by atoms with Gasteiger partial charge in [-0.1, -0.05) is 98.8 Å². The first-order valence-corrected chi connectivity index (χ1v) is 9.70. The van der Waals surface area contributed by atoms with Gasteiger partial charge in [-0.2, -0.15) is 0 Å². The van der Waals surface area contributed by atoms with Gasteiger partial charge in [0.05, 0.1) is 0 Å². The second-order valence-corrected chi connectivity index (χ2v) is 7.45. The van der Waals surface area contributed by atoms with E-state index in [9.17, 15) is 0 Å². The normalized spacial score (nSPS) is 19.0. The van der Waals surface area contributed by atoms with Crippen molar-refractivity contribution in [3.63, 3.8) is 0 Å². The first-order chi connectivity index (χ1) is 8.43. The Hall–Kier alpha value is 0.440. The monoisotopic (exact) mass is 272 g/mol. The Balaban J connectivity index is 1.71. The highest BCUT2D eigenvalue weighted by molar-refractivity contribution is 8.78. The van der Waals surface area contributed by atoms with Crippen molar-refractivity contribution in [3.05, 3.63) is 11.5 Å². The van der Waals surface area contributed by atoms with Crippen LogP contribution < -0.4 is 0 Å². The van der Waals surface area contributed by atoms with E-state index in [4.69, 9.17) is 0 Å². The summed E-state index contributed by atoms with van der Waals surface area (Å²) in [5.41, 5.74) is 0. The summed E-state index contributed by atoms with van der Waals surface area (Å²) in [6.45, 7) is 2.29. The van der Waals surface area contributed by atoms with E-state index in [-0.39, 0.29) is 0 Å². The molecular weight excluding hydrogens is 244 g/mol. The standard InChI is InChI=1S/C15H28S2/c1-2-3-4-5-6-7-8-9-10-11-12-15-13-14-16-17-15/h13-15H,2-12H2,1H3. The topological polar surface area (TPSA) is 0 Å². The zero-order valence-electron chi connectivity index (χ0n) is 11.3. The average Bonchev–Trinajstić information content (AvgIpc) is 2.85. The largest absolute Gasteiger partial charge is 0.0819 e. The van der Waals surface area contributed by atoms with E-state index < -0.39 is 0 Å². The van der Waals surface area contributed by atoms with Crippen molar-refractivity contribution in [1.82, 2.24) is 0 Å². The first-order valence-electron chi connectivity index (χ1n) is 7.42. The van der Waals surface area contributed by atoms with Gasteiger partial charge in [0, 0.05) is 5.25 Å². The average molecular weight is 273 g/mol. The third-order valence-corrected chi connectivity index (χ3v) is 5.80. The quantitative estimate of drug-likeness (QED) is 0.308. The third-order valence-electron chi connectivity index (χ3n) is 3.37. The summed E-state index contributed by atoms with van der Waals surface area (Å²) in [6, 6.07) is 0. The minimum Gasteiger partial charge on any atom is -0.0819 e. The molecule has 0 amide bonds. The molecule has 100 valence electrons. The molecule has 0 nitrogen and oxygen atoms in total. The number of hydrogen-bond acceptors (Lipinski definition) is 2. The maximum absolute atomic E-state index is 2.36. The van der Waals surface area contributed by atoms with Crippen LogP contribution in [0.5, 0.6) is 0 Å². The summed E-state index contributed by atoms with van der Waals surface area (Å²) >= 11 is 0. The van der Waals surface area contributed by atoms with Crippen LogP contribution in [0.1, 0.15) is 77.6 Å². The van der Waals surface area contributed by atoms with Gasteiger partial charge in [-0.3, -0.25) is 0 Å². The van der Waals surface area contributed by atoms with Gasteiger partial charge >= 0.3 is 0 Å². The summed E-state index contributed by atoms with van der Waals surface area (Å²) in [5, 5.41) is 3.06. The fourth-order valence-electron chi connectivity index (χ4n) is 2.23. The van der Waals surface area contributed by atoms with Crippen molar-refractivity contribution in [2.75, 3.05) is 0 Å². The van der Waals surface area contributed by atoms with Gasteiger partial charge in [0.1, 0.15) is 0 Å². The first kappa shape index (κ1) is 15.5. The summed E-state index contributed by atoms with van der Waals surface area (Å²) in [6.07, 6.45) is 18.2. The summed E-state index contributed by atoms with van der Waals surface area (Å²) in [5.74, 6) is 0. The molecule has 0 aliphatic carbocycles. The molecule has 0 spiro atoms. The molecule has 1 aliphatic heterocycles. The van der Waals surface area contributed by atoms with Crippen LogP contribution in [0.3, 0.4) is 0 Å². The minimum atomic E-state index is 0.814. The Morgan fingerprint density at radius 1 is 0.824 bits per heavy atom. The van der Waals surface area contributed by atoms with E-state index in [1.807, 2.05) is 21.6 Å². The summed E-state index contributed by atoms with van der Waals surface area (Å²) in [4.78, 5) is 0. The van der Waals surface area contributed by atoms with E-state index in [0.717, 1.165) is 5.25 Å². The third kappa shape index (κ3) is 9.07. The highest BCUT2D eigenvalue weighted by Gasteiger charge is 2.09. The van der Waals surface area contributed by atoms with Crippen molar-refractivity contribution in [3.8, 4) is 0 Å². The van der Waals surface area contributed by atoms with Crippen LogP contribution in [-0.4, -0.2) is 5.25 Å². The SMILES string of the molecule is CCCCCCCCCCCCC1C=CSS1. The van der Waals surface area contributed by atoms with Crippen LogP contribution in [0.2, 0.25) is 0 Å². The molecule has 0 N–H and O–H groups in total. The van der Waals surface area contributed by atoms with Crippen LogP contribution in [0.15, 0.2) is 11.5 Å². The molecule has 0 saturated carbocycles. The molecule has 1 unspecified atom stereocenters. The molecule has 0 saturated heterocycles. The van der Waals surface area contributed by atoms with Gasteiger partial charge in [0.25, 0.3) is 0 Å². The smallest absolute Gasteiger partial charge is 0.0342 e. The lowest BCUT2D eigenvalue weighted by Crippen LogP contribution is -1.93. The zero-order chi connectivity index (χ0) is 12.2. The molecule has 1 atom stereocenters. The maximum atomic E-state index is 2.36. The molecule has 0 aromatic heterocycles. The van der Waals surface area contributed by atoms with Crippen LogP contribution in [0.25, 0.3) is 0 Å². The van der Waals surface area contributed by atoms with Gasteiger partial charge in [-0.05, 0) is 11.8 Å². The predicted molar refractivity (Wildman–Crippen MR) is 84.6 cm³/mol. The molecule has 1 heterocycles. The van der Waals surface area contributed by atoms with E-state index in [1.165, 1.54) is 70.6 Å². The molecule has 0 bridgehead atoms. The fourth-order valence-corrected chi connectivity index (χ4v) is 4.49. The number of unbranched alkanes of at least 4 members (excludes halogenated alkanes) is 9. The van der Waals surface area contributed by atoms with E-state index >= 15 is 0 Å².